The smallest absolute Gasteiger partial charge is 0.311 e. The molecule has 210 valence electrons. The van der Waals surface area contributed by atoms with Crippen LogP contribution in [0.3, 0.4) is 0 Å². The molecule has 1 rings (SSSR count). The van der Waals surface area contributed by atoms with Crippen molar-refractivity contribution in [3.8, 4) is 5.75 Å². The molecule has 0 spiro atoms. The van der Waals surface area contributed by atoms with Crippen molar-refractivity contribution in [3.05, 3.63) is 24.3 Å². The van der Waals surface area contributed by atoms with E-state index in [0.717, 1.165) is 38.2 Å². The van der Waals surface area contributed by atoms with Crippen LogP contribution < -0.4 is 15.4 Å². The maximum absolute atomic E-state index is 12.6. The van der Waals surface area contributed by atoms with E-state index in [1.807, 2.05) is 6.92 Å². The lowest BCUT2D eigenvalue weighted by atomic mass is 10.1. The van der Waals surface area contributed by atoms with E-state index in [-0.39, 0.29) is 24.0 Å². The summed E-state index contributed by atoms with van der Waals surface area (Å²) in [6.07, 6.45) is 11.3. The minimum atomic E-state index is -4.49. The van der Waals surface area contributed by atoms with Crippen molar-refractivity contribution in [1.29, 1.82) is 0 Å². The molecule has 37 heavy (non-hydrogen) atoms. The zero-order valence-electron chi connectivity index (χ0n) is 22.3. The highest BCUT2D eigenvalue weighted by Gasteiger charge is 2.20. The van der Waals surface area contributed by atoms with Crippen LogP contribution >= 0.6 is 0 Å². The largest absolute Gasteiger partial charge is 0.425 e. The van der Waals surface area contributed by atoms with E-state index in [4.69, 9.17) is 4.74 Å². The Bertz CT molecular complexity index is 934. The van der Waals surface area contributed by atoms with Crippen LogP contribution in [0.15, 0.2) is 29.2 Å². The van der Waals surface area contributed by atoms with Gasteiger partial charge in [0.25, 0.3) is 10.1 Å². The average Bonchev–Trinajstić information content (AvgIpc) is 2.85. The number of esters is 1. The monoisotopic (exact) mass is 540 g/mol. The van der Waals surface area contributed by atoms with Gasteiger partial charge < -0.3 is 15.4 Å². The van der Waals surface area contributed by atoms with Crippen molar-refractivity contribution in [2.45, 2.75) is 115 Å². The summed E-state index contributed by atoms with van der Waals surface area (Å²) in [5.74, 6) is -1.08. The van der Waals surface area contributed by atoms with Crippen LogP contribution in [0.5, 0.6) is 5.75 Å². The fraction of sp³-hybridized carbons (Fsp3) is 0.667. The standard InChI is InChI=1S/C27H44N2O7S/c1-3-5-7-8-9-11-19-25(30)29-22(16-6-4-2)27(32)28-21-15-10-12-20-26(31)36-23-17-13-14-18-24(23)37(33,34)35/h13-14,17-18,22H,3-12,15-16,19-21H2,1-2H3,(H,28,32)(H,29,30)(H,33,34,35). The number of ether oxygens (including phenoxy) is 1. The number of hydrogen-bond donors (Lipinski definition) is 3. The molecule has 0 radical (unpaired) electrons. The highest BCUT2D eigenvalue weighted by molar-refractivity contribution is 7.86. The van der Waals surface area contributed by atoms with Gasteiger partial charge >= 0.3 is 5.97 Å². The molecular weight excluding hydrogens is 496 g/mol. The van der Waals surface area contributed by atoms with Crippen molar-refractivity contribution in [2.24, 2.45) is 0 Å². The minimum absolute atomic E-state index is 0.0708. The van der Waals surface area contributed by atoms with Gasteiger partial charge in [-0.05, 0) is 37.8 Å². The molecular formula is C27H44N2O7S. The Labute approximate surface area is 221 Å². The van der Waals surface area contributed by atoms with Gasteiger partial charge in [-0.15, -0.1) is 0 Å². The van der Waals surface area contributed by atoms with E-state index in [2.05, 4.69) is 17.6 Å². The number of carbonyl (C=O) groups is 3. The van der Waals surface area contributed by atoms with Crippen molar-refractivity contribution in [3.63, 3.8) is 0 Å². The molecule has 0 heterocycles. The van der Waals surface area contributed by atoms with Gasteiger partial charge in [0, 0.05) is 19.4 Å². The van der Waals surface area contributed by atoms with Crippen LogP contribution in [0.2, 0.25) is 0 Å². The normalized spacial score (nSPS) is 12.1. The molecule has 0 aliphatic carbocycles. The molecule has 10 heteroatoms. The zero-order valence-corrected chi connectivity index (χ0v) is 23.1. The van der Waals surface area contributed by atoms with Crippen LogP contribution in [0.4, 0.5) is 0 Å². The molecule has 0 bridgehead atoms. The Balaban J connectivity index is 2.32. The van der Waals surface area contributed by atoms with Crippen LogP contribution in [0.1, 0.15) is 104 Å². The second kappa shape index (κ2) is 18.7. The van der Waals surface area contributed by atoms with Crippen LogP contribution in [0, 0.1) is 0 Å². The summed E-state index contributed by atoms with van der Waals surface area (Å²) in [5, 5.41) is 5.76. The molecule has 3 N–H and O–H groups in total. The Morgan fingerprint density at radius 3 is 2.19 bits per heavy atom. The summed E-state index contributed by atoms with van der Waals surface area (Å²) < 4.78 is 37.1. The fourth-order valence-corrected chi connectivity index (χ4v) is 4.45. The molecule has 1 unspecified atom stereocenters. The zero-order chi connectivity index (χ0) is 27.5. The molecule has 0 aliphatic heterocycles. The molecule has 2 amide bonds. The molecule has 9 nitrogen and oxygen atoms in total. The summed E-state index contributed by atoms with van der Waals surface area (Å²) in [7, 11) is -4.49. The molecule has 1 atom stereocenters. The second-order valence-corrected chi connectivity index (χ2v) is 10.7. The van der Waals surface area contributed by atoms with Gasteiger partial charge in [0.2, 0.25) is 11.8 Å². The second-order valence-electron chi connectivity index (χ2n) is 9.28. The highest BCUT2D eigenvalue weighted by atomic mass is 32.2. The van der Waals surface area contributed by atoms with E-state index in [0.29, 0.717) is 38.6 Å². The predicted molar refractivity (Wildman–Crippen MR) is 143 cm³/mol. The molecule has 0 aromatic heterocycles. The summed E-state index contributed by atoms with van der Waals surface area (Å²) in [6.45, 7) is 4.64. The van der Waals surface area contributed by atoms with Crippen LogP contribution in [-0.4, -0.2) is 43.3 Å². The van der Waals surface area contributed by atoms with Crippen molar-refractivity contribution in [2.75, 3.05) is 6.54 Å². The molecule has 0 saturated heterocycles. The number of hydrogen-bond acceptors (Lipinski definition) is 6. The molecule has 0 saturated carbocycles. The Morgan fingerprint density at radius 1 is 0.865 bits per heavy atom. The third-order valence-corrected chi connectivity index (χ3v) is 6.86. The summed E-state index contributed by atoms with van der Waals surface area (Å²) in [5.41, 5.74) is 0. The number of amides is 2. The lowest BCUT2D eigenvalue weighted by Gasteiger charge is -2.18. The van der Waals surface area contributed by atoms with E-state index in [9.17, 15) is 27.4 Å². The van der Waals surface area contributed by atoms with Gasteiger partial charge in [0.1, 0.15) is 10.9 Å². The third-order valence-electron chi connectivity index (χ3n) is 5.96. The van der Waals surface area contributed by atoms with Gasteiger partial charge in [-0.1, -0.05) is 77.3 Å². The predicted octanol–water partition coefficient (Wildman–Crippen LogP) is 4.94. The summed E-state index contributed by atoms with van der Waals surface area (Å²) in [4.78, 5) is 36.5. The Hall–Kier alpha value is -2.46. The van der Waals surface area contributed by atoms with Gasteiger partial charge in [0.15, 0.2) is 5.75 Å². The maximum Gasteiger partial charge on any atom is 0.311 e. The minimum Gasteiger partial charge on any atom is -0.425 e. The maximum atomic E-state index is 12.6. The Morgan fingerprint density at radius 2 is 1.49 bits per heavy atom. The number of carbonyl (C=O) groups excluding carboxylic acids is 3. The third kappa shape index (κ3) is 14.8. The van der Waals surface area contributed by atoms with Gasteiger partial charge in [-0.25, -0.2) is 0 Å². The first-order chi connectivity index (χ1) is 17.7. The van der Waals surface area contributed by atoms with Crippen molar-refractivity contribution >= 4 is 27.9 Å². The first-order valence-electron chi connectivity index (χ1n) is 13.5. The van der Waals surface area contributed by atoms with E-state index < -0.39 is 27.0 Å². The summed E-state index contributed by atoms with van der Waals surface area (Å²) in [6, 6.07) is 4.85. The lowest BCUT2D eigenvalue weighted by Crippen LogP contribution is -2.46. The molecule has 1 aromatic carbocycles. The van der Waals surface area contributed by atoms with E-state index in [1.165, 1.54) is 37.5 Å². The number of rotatable bonds is 20. The van der Waals surface area contributed by atoms with Crippen molar-refractivity contribution < 1.29 is 32.1 Å². The van der Waals surface area contributed by atoms with Crippen LogP contribution in [-0.2, 0) is 24.5 Å². The number of benzene rings is 1. The highest BCUT2D eigenvalue weighted by Crippen LogP contribution is 2.23. The van der Waals surface area contributed by atoms with Crippen LogP contribution in [0.25, 0.3) is 0 Å². The average molecular weight is 541 g/mol. The van der Waals surface area contributed by atoms with Gasteiger partial charge in [-0.2, -0.15) is 8.42 Å². The van der Waals surface area contributed by atoms with Gasteiger partial charge in [0.05, 0.1) is 0 Å². The number of para-hydroxylation sites is 1. The number of unbranched alkanes of at least 4 members (excludes halogenated alkanes) is 8. The SMILES string of the molecule is CCCCCCCCC(=O)NC(CCCC)C(=O)NCCCCCC(=O)Oc1ccccc1S(=O)(=O)O. The van der Waals surface area contributed by atoms with E-state index in [1.54, 1.807) is 0 Å². The molecule has 0 aliphatic rings. The van der Waals surface area contributed by atoms with Crippen molar-refractivity contribution in [1.82, 2.24) is 10.6 Å². The topological polar surface area (TPSA) is 139 Å². The quantitative estimate of drug-likeness (QED) is 0.0921. The Kier molecular flexibility index (Phi) is 16.5. The first kappa shape index (κ1) is 32.6. The van der Waals surface area contributed by atoms with Gasteiger partial charge in [-0.3, -0.25) is 18.9 Å². The lowest BCUT2D eigenvalue weighted by molar-refractivity contribution is -0.134. The first-order valence-corrected chi connectivity index (χ1v) is 15.0. The number of nitrogens with one attached hydrogen (secondary N) is 2. The summed E-state index contributed by atoms with van der Waals surface area (Å²) >= 11 is 0. The van der Waals surface area contributed by atoms with E-state index >= 15 is 0 Å². The molecule has 0 fully saturated rings. The molecule has 1 aromatic rings. The fourth-order valence-electron chi connectivity index (χ4n) is 3.84.